The molecule has 1 saturated carbocycles. The van der Waals surface area contributed by atoms with Crippen molar-refractivity contribution in [3.8, 4) is 23.1 Å². The monoisotopic (exact) mass is 465 g/mol. The molecule has 1 aliphatic heterocycles. The summed E-state index contributed by atoms with van der Waals surface area (Å²) in [6, 6.07) is 9.81. The summed E-state index contributed by atoms with van der Waals surface area (Å²) >= 11 is 0. The highest BCUT2D eigenvalue weighted by Crippen LogP contribution is 2.41. The lowest BCUT2D eigenvalue weighted by molar-refractivity contribution is 0.486. The predicted molar refractivity (Wildman–Crippen MR) is 121 cm³/mol. The molecule has 34 heavy (non-hydrogen) atoms. The molecular formula is C25H22F3N5O. The lowest BCUT2D eigenvalue weighted by atomic mass is 10.1. The number of hydrogen-bond acceptors (Lipinski definition) is 5. The first-order chi connectivity index (χ1) is 16.4. The molecular weight excluding hydrogens is 443 g/mol. The first-order valence-electron chi connectivity index (χ1n) is 11.2. The van der Waals surface area contributed by atoms with Crippen LogP contribution in [-0.2, 0) is 0 Å². The van der Waals surface area contributed by atoms with Crippen molar-refractivity contribution in [2.75, 3.05) is 18.0 Å². The van der Waals surface area contributed by atoms with Gasteiger partial charge >= 0.3 is 0 Å². The van der Waals surface area contributed by atoms with Gasteiger partial charge in [-0.2, -0.15) is 9.65 Å². The van der Waals surface area contributed by atoms with Gasteiger partial charge in [0.15, 0.2) is 5.82 Å². The van der Waals surface area contributed by atoms with Crippen LogP contribution in [0, 0.1) is 28.8 Å². The quantitative estimate of drug-likeness (QED) is 0.630. The molecule has 0 radical (unpaired) electrons. The van der Waals surface area contributed by atoms with Crippen LogP contribution < -0.4 is 16.2 Å². The van der Waals surface area contributed by atoms with E-state index in [0.29, 0.717) is 31.5 Å². The Morgan fingerprint density at radius 2 is 1.74 bits per heavy atom. The third-order valence-electron chi connectivity index (χ3n) is 6.46. The third kappa shape index (κ3) is 3.94. The maximum absolute atomic E-state index is 15.4. The van der Waals surface area contributed by atoms with Gasteiger partial charge < -0.3 is 10.6 Å². The molecule has 1 aliphatic carbocycles. The third-order valence-corrected chi connectivity index (χ3v) is 6.46. The number of anilines is 1. The average Bonchev–Trinajstić information content (AvgIpc) is 3.66. The number of halogens is 3. The van der Waals surface area contributed by atoms with Crippen LogP contribution >= 0.6 is 0 Å². The van der Waals surface area contributed by atoms with Gasteiger partial charge in [-0.05, 0) is 67.5 Å². The molecule has 2 N–H and O–H groups in total. The molecule has 2 aliphatic rings. The van der Waals surface area contributed by atoms with Crippen molar-refractivity contribution in [2.45, 2.75) is 37.6 Å². The molecule has 2 fully saturated rings. The lowest BCUT2D eigenvalue weighted by Crippen LogP contribution is -2.42. The zero-order valence-electron chi connectivity index (χ0n) is 18.3. The van der Waals surface area contributed by atoms with E-state index in [-0.39, 0.29) is 40.4 Å². The Balaban J connectivity index is 1.71. The van der Waals surface area contributed by atoms with Gasteiger partial charge in [-0.25, -0.2) is 13.8 Å². The summed E-state index contributed by atoms with van der Waals surface area (Å²) in [5, 5.41) is 9.07. The van der Waals surface area contributed by atoms with Crippen molar-refractivity contribution in [3.63, 3.8) is 0 Å². The summed E-state index contributed by atoms with van der Waals surface area (Å²) < 4.78 is 45.6. The highest BCUT2D eigenvalue weighted by Gasteiger charge is 2.29. The molecule has 2 aromatic carbocycles. The number of rotatable bonds is 4. The van der Waals surface area contributed by atoms with Gasteiger partial charge in [0.2, 0.25) is 5.82 Å². The SMILES string of the molecule is N#Cc1ccc(-c2nc(N3CCC(N)CC3)c(F)c(=O)n2-c2ccc(C3CC3)c(F)c2)cc1F. The van der Waals surface area contributed by atoms with E-state index >= 15 is 4.39 Å². The van der Waals surface area contributed by atoms with Gasteiger partial charge in [-0.3, -0.25) is 9.36 Å². The predicted octanol–water partition coefficient (Wildman–Crippen LogP) is 3.99. The van der Waals surface area contributed by atoms with Gasteiger partial charge in [-0.1, -0.05) is 6.07 Å². The molecule has 3 aromatic rings. The van der Waals surface area contributed by atoms with Crippen molar-refractivity contribution in [1.29, 1.82) is 5.26 Å². The number of hydrogen-bond donors (Lipinski definition) is 1. The van der Waals surface area contributed by atoms with Gasteiger partial charge in [0, 0.05) is 24.7 Å². The van der Waals surface area contributed by atoms with E-state index in [1.165, 1.54) is 18.2 Å². The fraction of sp³-hybridized carbons (Fsp3) is 0.320. The van der Waals surface area contributed by atoms with Crippen molar-refractivity contribution < 1.29 is 13.2 Å². The number of benzene rings is 2. The fourth-order valence-corrected chi connectivity index (χ4v) is 4.37. The number of nitrogens with two attached hydrogens (primary N) is 1. The highest BCUT2D eigenvalue weighted by molar-refractivity contribution is 5.63. The second kappa shape index (κ2) is 8.61. The number of piperidine rings is 1. The molecule has 0 atom stereocenters. The van der Waals surface area contributed by atoms with Crippen LogP contribution in [0.2, 0.25) is 0 Å². The number of nitrogens with zero attached hydrogens (tertiary/aromatic N) is 4. The molecule has 1 saturated heterocycles. The smallest absolute Gasteiger partial charge is 0.296 e. The maximum atomic E-state index is 15.4. The Bertz CT molecular complexity index is 1370. The van der Waals surface area contributed by atoms with Crippen LogP contribution in [0.25, 0.3) is 17.1 Å². The van der Waals surface area contributed by atoms with Crippen LogP contribution in [0.15, 0.2) is 41.2 Å². The standard InChI is InChI=1S/C25H22F3N5O/c26-20-11-15(3-4-16(20)13-29)23-31-24(32-9-7-17(30)8-10-32)22(28)25(34)33(23)18-5-6-19(14-1-2-14)21(27)12-18/h3-6,11-12,14,17H,1-2,7-10,30H2. The Morgan fingerprint density at radius 1 is 1.00 bits per heavy atom. The van der Waals surface area contributed by atoms with Crippen LogP contribution in [-0.4, -0.2) is 28.7 Å². The normalized spacial score (nSPS) is 16.5. The highest BCUT2D eigenvalue weighted by atomic mass is 19.1. The summed E-state index contributed by atoms with van der Waals surface area (Å²) in [5.74, 6) is -2.40. The Kier molecular flexibility index (Phi) is 5.62. The second-order valence-corrected chi connectivity index (χ2v) is 8.82. The van der Waals surface area contributed by atoms with Crippen LogP contribution in [0.4, 0.5) is 19.0 Å². The van der Waals surface area contributed by atoms with Crippen LogP contribution in [0.5, 0.6) is 0 Å². The largest absolute Gasteiger partial charge is 0.354 e. The Labute approximate surface area is 194 Å². The minimum absolute atomic E-state index is 0.0141. The molecule has 5 rings (SSSR count). The summed E-state index contributed by atoms with van der Waals surface area (Å²) in [4.78, 5) is 19.3. The molecule has 9 heteroatoms. The van der Waals surface area contributed by atoms with Crippen molar-refractivity contribution in [2.24, 2.45) is 5.73 Å². The van der Waals surface area contributed by atoms with Crippen LogP contribution in [0.3, 0.4) is 0 Å². The van der Waals surface area contributed by atoms with E-state index in [2.05, 4.69) is 4.98 Å². The van der Waals surface area contributed by atoms with E-state index in [1.807, 2.05) is 0 Å². The second-order valence-electron chi connectivity index (χ2n) is 8.82. The van der Waals surface area contributed by atoms with Crippen molar-refractivity contribution >= 4 is 5.82 Å². The van der Waals surface area contributed by atoms with E-state index in [1.54, 1.807) is 23.1 Å². The minimum atomic E-state index is -1.07. The number of aromatic nitrogens is 2. The summed E-state index contributed by atoms with van der Waals surface area (Å²) in [6.45, 7) is 0.834. The number of nitriles is 1. The van der Waals surface area contributed by atoms with E-state index in [9.17, 15) is 13.6 Å². The first-order valence-corrected chi connectivity index (χ1v) is 11.2. The minimum Gasteiger partial charge on any atom is -0.354 e. The van der Waals surface area contributed by atoms with Gasteiger partial charge in [0.25, 0.3) is 5.56 Å². The van der Waals surface area contributed by atoms with E-state index in [4.69, 9.17) is 11.0 Å². The molecule has 6 nitrogen and oxygen atoms in total. The van der Waals surface area contributed by atoms with Gasteiger partial charge in [0.1, 0.15) is 23.5 Å². The van der Waals surface area contributed by atoms with E-state index in [0.717, 1.165) is 23.5 Å². The Morgan fingerprint density at radius 3 is 2.35 bits per heavy atom. The van der Waals surface area contributed by atoms with Crippen molar-refractivity contribution in [3.05, 3.63) is 75.3 Å². The van der Waals surface area contributed by atoms with Crippen LogP contribution in [0.1, 0.15) is 42.7 Å². The average molecular weight is 465 g/mol. The molecule has 0 spiro atoms. The molecule has 0 unspecified atom stereocenters. The topological polar surface area (TPSA) is 87.9 Å². The summed E-state index contributed by atoms with van der Waals surface area (Å²) in [5.41, 5.74) is 5.56. The molecule has 2 heterocycles. The summed E-state index contributed by atoms with van der Waals surface area (Å²) in [7, 11) is 0. The maximum Gasteiger partial charge on any atom is 0.296 e. The zero-order chi connectivity index (χ0) is 24.0. The Hall–Kier alpha value is -3.64. The van der Waals surface area contributed by atoms with Gasteiger partial charge in [-0.15, -0.1) is 0 Å². The molecule has 174 valence electrons. The fourth-order valence-electron chi connectivity index (χ4n) is 4.37. The van der Waals surface area contributed by atoms with Crippen molar-refractivity contribution in [1.82, 2.24) is 9.55 Å². The molecule has 1 aromatic heterocycles. The lowest BCUT2D eigenvalue weighted by Gasteiger charge is -2.31. The van der Waals surface area contributed by atoms with Gasteiger partial charge in [0.05, 0.1) is 11.3 Å². The molecule has 0 bridgehead atoms. The first kappa shape index (κ1) is 22.2. The van der Waals surface area contributed by atoms with E-state index < -0.39 is 23.0 Å². The zero-order valence-corrected chi connectivity index (χ0v) is 18.3. The molecule has 0 amide bonds. The summed E-state index contributed by atoms with van der Waals surface area (Å²) in [6.07, 6.45) is 3.02.